The van der Waals surface area contributed by atoms with Crippen molar-refractivity contribution in [1.29, 1.82) is 0 Å². The van der Waals surface area contributed by atoms with E-state index in [1.54, 1.807) is 24.8 Å². The Bertz CT molecular complexity index is 710. The van der Waals surface area contributed by atoms with Crippen LogP contribution in [0.3, 0.4) is 0 Å². The van der Waals surface area contributed by atoms with Gasteiger partial charge in [0.05, 0.1) is 11.7 Å². The molecule has 2 N–H and O–H groups in total. The molecule has 22 heavy (non-hydrogen) atoms. The second-order valence-corrected chi connectivity index (χ2v) is 6.07. The summed E-state index contributed by atoms with van der Waals surface area (Å²) in [7, 11) is 0. The lowest BCUT2D eigenvalue weighted by Gasteiger charge is -2.42. The van der Waals surface area contributed by atoms with Crippen LogP contribution in [0.1, 0.15) is 32.4 Å². The Morgan fingerprint density at radius 1 is 1.09 bits per heavy atom. The fraction of sp³-hybridized carbons (Fsp3) is 0.278. The fourth-order valence-corrected chi connectivity index (χ4v) is 2.84. The summed E-state index contributed by atoms with van der Waals surface area (Å²) in [5.74, 6) is 0.557. The first-order valence-electron chi connectivity index (χ1n) is 7.38. The molecule has 0 radical (unpaired) electrons. The topological polar surface area (TPSA) is 55.6 Å². The minimum atomic E-state index is -0.913. The Hall–Kier alpha value is -2.49. The van der Waals surface area contributed by atoms with E-state index >= 15 is 0 Å². The van der Waals surface area contributed by atoms with Crippen molar-refractivity contribution in [2.45, 2.75) is 32.4 Å². The molecule has 4 nitrogen and oxygen atoms in total. The molecule has 1 aliphatic heterocycles. The van der Waals surface area contributed by atoms with Crippen molar-refractivity contribution in [3.05, 3.63) is 54.1 Å². The Kier molecular flexibility index (Phi) is 3.32. The smallest absolute Gasteiger partial charge is 0.271 e. The van der Waals surface area contributed by atoms with E-state index in [1.165, 1.54) is 0 Å². The lowest BCUT2D eigenvalue weighted by atomic mass is 9.98. The van der Waals surface area contributed by atoms with Crippen molar-refractivity contribution in [1.82, 2.24) is 0 Å². The molecule has 0 saturated heterocycles. The van der Waals surface area contributed by atoms with Gasteiger partial charge in [-0.05, 0) is 38.5 Å². The second-order valence-electron chi connectivity index (χ2n) is 6.07. The van der Waals surface area contributed by atoms with Crippen LogP contribution in [0.25, 0.3) is 0 Å². The zero-order valence-corrected chi connectivity index (χ0v) is 13.0. The Morgan fingerprint density at radius 3 is 2.45 bits per heavy atom. The van der Waals surface area contributed by atoms with Gasteiger partial charge >= 0.3 is 0 Å². The number of hydrogen-bond acceptors (Lipinski definition) is 3. The maximum Gasteiger partial charge on any atom is 0.271 e. The summed E-state index contributed by atoms with van der Waals surface area (Å²) in [5.41, 5.74) is 7.47. The average Bonchev–Trinajstić information content (AvgIpc) is 2.49. The molecular formula is C18H20N2O2. The van der Waals surface area contributed by atoms with Gasteiger partial charge < -0.3 is 10.5 Å². The first-order valence-corrected chi connectivity index (χ1v) is 7.38. The predicted octanol–water partition coefficient (Wildman–Crippen LogP) is 3.53. The minimum absolute atomic E-state index is 0.0887. The molecule has 1 amide bonds. The van der Waals surface area contributed by atoms with Gasteiger partial charge in [0, 0.05) is 0 Å². The van der Waals surface area contributed by atoms with Crippen LogP contribution in [0.4, 0.5) is 11.4 Å². The van der Waals surface area contributed by atoms with Gasteiger partial charge in [-0.1, -0.05) is 36.4 Å². The van der Waals surface area contributed by atoms with Crippen LogP contribution in [-0.4, -0.2) is 11.5 Å². The molecule has 0 spiro atoms. The SMILES string of the molecule is CC(c1ccccc1)N1C(=O)C(C)(C)Oc2cccc(N)c21. The third kappa shape index (κ3) is 2.21. The molecule has 2 aromatic carbocycles. The van der Waals surface area contributed by atoms with E-state index in [2.05, 4.69) is 0 Å². The highest BCUT2D eigenvalue weighted by atomic mass is 16.5. The Balaban J connectivity index is 2.15. The number of carbonyl (C=O) groups excluding carboxylic acids is 1. The highest BCUT2D eigenvalue weighted by Crippen LogP contribution is 2.45. The van der Waals surface area contributed by atoms with Gasteiger partial charge in [0.2, 0.25) is 0 Å². The van der Waals surface area contributed by atoms with E-state index in [0.29, 0.717) is 17.1 Å². The number of carbonyl (C=O) groups is 1. The number of para-hydroxylation sites is 1. The lowest BCUT2D eigenvalue weighted by Crippen LogP contribution is -2.53. The molecule has 0 fully saturated rings. The first-order chi connectivity index (χ1) is 10.4. The quantitative estimate of drug-likeness (QED) is 0.862. The van der Waals surface area contributed by atoms with Gasteiger partial charge in [-0.15, -0.1) is 0 Å². The zero-order valence-electron chi connectivity index (χ0n) is 13.0. The van der Waals surface area contributed by atoms with Gasteiger partial charge in [0.1, 0.15) is 11.4 Å². The van der Waals surface area contributed by atoms with Gasteiger partial charge in [-0.25, -0.2) is 0 Å². The monoisotopic (exact) mass is 296 g/mol. The van der Waals surface area contributed by atoms with Gasteiger partial charge in [0.25, 0.3) is 5.91 Å². The van der Waals surface area contributed by atoms with Crippen molar-refractivity contribution < 1.29 is 9.53 Å². The molecular weight excluding hydrogens is 276 g/mol. The minimum Gasteiger partial charge on any atom is -0.476 e. The second kappa shape index (κ2) is 5.05. The normalized spacial score (nSPS) is 17.6. The molecule has 0 saturated carbocycles. The summed E-state index contributed by atoms with van der Waals surface area (Å²) in [4.78, 5) is 14.7. The molecule has 1 heterocycles. The van der Waals surface area contributed by atoms with E-state index in [9.17, 15) is 4.79 Å². The third-order valence-corrected chi connectivity index (χ3v) is 4.04. The third-order valence-electron chi connectivity index (χ3n) is 4.04. The number of ether oxygens (including phenoxy) is 1. The molecule has 1 atom stereocenters. The number of rotatable bonds is 2. The van der Waals surface area contributed by atoms with Crippen molar-refractivity contribution in [2.75, 3.05) is 10.6 Å². The number of hydrogen-bond donors (Lipinski definition) is 1. The molecule has 2 aromatic rings. The van der Waals surface area contributed by atoms with Crippen LogP contribution >= 0.6 is 0 Å². The largest absolute Gasteiger partial charge is 0.476 e. The maximum atomic E-state index is 12.9. The van der Waals surface area contributed by atoms with Crippen molar-refractivity contribution in [3.63, 3.8) is 0 Å². The van der Waals surface area contributed by atoms with Crippen LogP contribution in [-0.2, 0) is 4.79 Å². The number of nitrogens with two attached hydrogens (primary N) is 1. The molecule has 0 aliphatic carbocycles. The van der Waals surface area contributed by atoms with E-state index in [0.717, 1.165) is 5.56 Å². The van der Waals surface area contributed by atoms with Gasteiger partial charge in [0.15, 0.2) is 5.60 Å². The lowest BCUT2D eigenvalue weighted by molar-refractivity contribution is -0.133. The Morgan fingerprint density at radius 2 is 1.77 bits per heavy atom. The van der Waals surface area contributed by atoms with E-state index < -0.39 is 5.60 Å². The number of amides is 1. The van der Waals surface area contributed by atoms with Gasteiger partial charge in [-0.2, -0.15) is 0 Å². The average molecular weight is 296 g/mol. The summed E-state index contributed by atoms with van der Waals surface area (Å²) in [5, 5.41) is 0. The van der Waals surface area contributed by atoms with E-state index in [-0.39, 0.29) is 11.9 Å². The Labute approximate surface area is 130 Å². The number of benzene rings is 2. The van der Waals surface area contributed by atoms with Crippen LogP contribution in [0.5, 0.6) is 5.75 Å². The molecule has 0 aromatic heterocycles. The molecule has 114 valence electrons. The molecule has 0 bridgehead atoms. The highest BCUT2D eigenvalue weighted by Gasteiger charge is 2.43. The summed E-state index contributed by atoms with van der Waals surface area (Å²) >= 11 is 0. The fourth-order valence-electron chi connectivity index (χ4n) is 2.84. The standard InChI is InChI=1S/C18H20N2O2/c1-12(13-8-5-4-6-9-13)20-16-14(19)10-7-11-15(16)22-18(2,3)17(20)21/h4-12H,19H2,1-3H3. The molecule has 1 unspecified atom stereocenters. The summed E-state index contributed by atoms with van der Waals surface area (Å²) in [6.45, 7) is 5.57. The van der Waals surface area contributed by atoms with Crippen LogP contribution in [0.15, 0.2) is 48.5 Å². The van der Waals surface area contributed by atoms with Crippen LogP contribution < -0.4 is 15.4 Å². The number of nitrogen functional groups attached to an aromatic ring is 1. The number of anilines is 2. The summed E-state index contributed by atoms with van der Waals surface area (Å²) in [6.07, 6.45) is 0. The van der Waals surface area contributed by atoms with E-state index in [1.807, 2.05) is 49.4 Å². The van der Waals surface area contributed by atoms with Crippen LogP contribution in [0, 0.1) is 0 Å². The van der Waals surface area contributed by atoms with Crippen molar-refractivity contribution in [3.8, 4) is 5.75 Å². The van der Waals surface area contributed by atoms with Gasteiger partial charge in [-0.3, -0.25) is 9.69 Å². The molecule has 4 heteroatoms. The highest BCUT2D eigenvalue weighted by molar-refractivity contribution is 6.05. The van der Waals surface area contributed by atoms with Crippen molar-refractivity contribution >= 4 is 17.3 Å². The molecule has 1 aliphatic rings. The predicted molar refractivity (Wildman–Crippen MR) is 87.9 cm³/mol. The number of nitrogens with zero attached hydrogens (tertiary/aromatic N) is 1. The number of fused-ring (bicyclic) bond motifs is 1. The molecule has 3 rings (SSSR count). The van der Waals surface area contributed by atoms with E-state index in [4.69, 9.17) is 10.5 Å². The maximum absolute atomic E-state index is 12.9. The van der Waals surface area contributed by atoms with Crippen molar-refractivity contribution in [2.24, 2.45) is 0 Å². The van der Waals surface area contributed by atoms with Crippen LogP contribution in [0.2, 0.25) is 0 Å². The first kappa shape index (κ1) is 14.4. The summed E-state index contributed by atoms with van der Waals surface area (Å²) < 4.78 is 5.86. The summed E-state index contributed by atoms with van der Waals surface area (Å²) in [6, 6.07) is 15.3. The zero-order chi connectivity index (χ0) is 15.9.